The van der Waals surface area contributed by atoms with Crippen LogP contribution in [-0.4, -0.2) is 42.2 Å². The Labute approximate surface area is 140 Å². The summed E-state index contributed by atoms with van der Waals surface area (Å²) in [5.41, 5.74) is 2.65. The number of carboxylic acids is 2. The van der Waals surface area contributed by atoms with Gasteiger partial charge in [-0.25, -0.2) is 4.79 Å². The molecule has 1 atom stereocenters. The Bertz CT molecular complexity index is 703. The van der Waals surface area contributed by atoms with Crippen molar-refractivity contribution in [2.45, 2.75) is 6.42 Å². The lowest BCUT2D eigenvalue weighted by molar-refractivity contribution is -0.873. The molecule has 1 aromatic heterocycles. The molecule has 3 N–H and O–H groups in total. The third-order valence-corrected chi connectivity index (χ3v) is 3.35. The van der Waals surface area contributed by atoms with Gasteiger partial charge in [0.2, 0.25) is 0 Å². The van der Waals surface area contributed by atoms with E-state index in [-0.39, 0.29) is 0 Å². The Morgan fingerprint density at radius 2 is 2.04 bits per heavy atom. The molecule has 0 spiro atoms. The zero-order chi connectivity index (χ0) is 17.9. The number of carboxylic acid groups (broad SMARTS) is 2. The fourth-order valence-electron chi connectivity index (χ4n) is 2.17. The van der Waals surface area contributed by atoms with Crippen molar-refractivity contribution in [3.63, 3.8) is 0 Å². The van der Waals surface area contributed by atoms with Crippen molar-refractivity contribution in [2.75, 3.05) is 20.1 Å². The zero-order valence-electron chi connectivity index (χ0n) is 13.6. The lowest BCUT2D eigenvalue weighted by Gasteiger charge is -2.10. The van der Waals surface area contributed by atoms with Crippen molar-refractivity contribution in [1.82, 2.24) is 4.98 Å². The van der Waals surface area contributed by atoms with Gasteiger partial charge in [-0.3, -0.25) is 0 Å². The molecule has 128 valence electrons. The molecule has 0 saturated carbocycles. The fraction of sp³-hybridized carbons (Fsp3) is 0.222. The molecule has 0 fully saturated rings. The van der Waals surface area contributed by atoms with Crippen LogP contribution in [0, 0.1) is 0 Å². The number of hydrogen-bond acceptors (Lipinski definition) is 3. The monoisotopic (exact) mass is 330 g/mol. The summed E-state index contributed by atoms with van der Waals surface area (Å²) in [6.07, 6.45) is 6.16. The highest BCUT2D eigenvalue weighted by molar-refractivity contribution is 5.88. The van der Waals surface area contributed by atoms with Crippen LogP contribution < -0.4 is 10.0 Å². The van der Waals surface area contributed by atoms with E-state index in [4.69, 9.17) is 5.11 Å². The first-order chi connectivity index (χ1) is 11.4. The summed E-state index contributed by atoms with van der Waals surface area (Å²) in [4.78, 5) is 23.8. The molecule has 1 unspecified atom stereocenters. The number of benzene rings is 1. The van der Waals surface area contributed by atoms with Crippen LogP contribution in [0.4, 0.5) is 0 Å². The molecule has 0 radical (unpaired) electrons. The average Bonchev–Trinajstić information content (AvgIpc) is 2.95. The molecule has 1 aromatic carbocycles. The van der Waals surface area contributed by atoms with E-state index in [0.29, 0.717) is 12.2 Å². The minimum Gasteiger partial charge on any atom is -0.545 e. The van der Waals surface area contributed by atoms with Crippen molar-refractivity contribution in [3.05, 3.63) is 60.8 Å². The van der Waals surface area contributed by atoms with Crippen LogP contribution in [0.3, 0.4) is 0 Å². The van der Waals surface area contributed by atoms with Gasteiger partial charge < -0.3 is 24.9 Å². The van der Waals surface area contributed by atoms with E-state index in [1.807, 2.05) is 6.08 Å². The molecule has 6 heteroatoms. The molecule has 0 saturated heterocycles. The van der Waals surface area contributed by atoms with E-state index < -0.39 is 11.9 Å². The number of aliphatic carboxylic acids is 2. The standard InChI is InChI=1S/C14H18N2.C4H4O4/c1-3-9-16(2)10-8-12-11-15-14-7-5-4-6-13(12)14;5-3(6)1-2-4(7)8/h3-7,11,15H,1,8-10H2,2H3;1-2H,(H,5,6)(H,7,8)/b;2-1+. The van der Waals surface area contributed by atoms with Crippen LogP contribution in [-0.2, 0) is 16.0 Å². The van der Waals surface area contributed by atoms with Gasteiger partial charge in [0, 0.05) is 29.6 Å². The maximum absolute atomic E-state index is 9.53. The lowest BCUT2D eigenvalue weighted by atomic mass is 10.1. The smallest absolute Gasteiger partial charge is 0.328 e. The van der Waals surface area contributed by atoms with Gasteiger partial charge in [-0.2, -0.15) is 0 Å². The zero-order valence-corrected chi connectivity index (χ0v) is 13.6. The number of quaternary nitrogens is 1. The number of carbonyl (C=O) groups excluding carboxylic acids is 1. The fourth-order valence-corrected chi connectivity index (χ4v) is 2.17. The minimum atomic E-state index is -1.51. The number of likely N-dealkylation sites (N-methyl/N-ethyl adjacent to an activating group) is 1. The van der Waals surface area contributed by atoms with Gasteiger partial charge >= 0.3 is 5.97 Å². The Morgan fingerprint density at radius 3 is 2.62 bits per heavy atom. The molecule has 0 aliphatic rings. The van der Waals surface area contributed by atoms with Crippen molar-refractivity contribution < 1.29 is 24.7 Å². The predicted molar refractivity (Wildman–Crippen MR) is 90.6 cm³/mol. The van der Waals surface area contributed by atoms with Crippen LogP contribution >= 0.6 is 0 Å². The molecular weight excluding hydrogens is 308 g/mol. The van der Waals surface area contributed by atoms with Crippen molar-refractivity contribution in [3.8, 4) is 0 Å². The number of H-pyrrole nitrogens is 1. The van der Waals surface area contributed by atoms with Gasteiger partial charge in [0.15, 0.2) is 0 Å². The van der Waals surface area contributed by atoms with Crippen LogP contribution in [0.2, 0.25) is 0 Å². The number of para-hydroxylation sites is 1. The summed E-state index contributed by atoms with van der Waals surface area (Å²) < 4.78 is 0. The second-order valence-corrected chi connectivity index (χ2v) is 5.30. The second-order valence-electron chi connectivity index (χ2n) is 5.30. The SMILES string of the molecule is C=CC[NH+](C)CCc1c[nH]c2ccccc12.O=C([O-])/C=C/C(=O)O. The minimum absolute atomic E-state index is 0.447. The third kappa shape index (κ3) is 6.93. The summed E-state index contributed by atoms with van der Waals surface area (Å²) in [5, 5.41) is 18.6. The normalized spacial score (nSPS) is 11.7. The number of rotatable bonds is 7. The Morgan fingerprint density at radius 1 is 1.33 bits per heavy atom. The first-order valence-corrected chi connectivity index (χ1v) is 7.53. The van der Waals surface area contributed by atoms with Crippen LogP contribution in [0.15, 0.2) is 55.3 Å². The van der Waals surface area contributed by atoms with Gasteiger partial charge in [-0.05, 0) is 23.8 Å². The van der Waals surface area contributed by atoms with Crippen LogP contribution in [0.1, 0.15) is 5.56 Å². The molecule has 0 aliphatic heterocycles. The van der Waals surface area contributed by atoms with E-state index in [2.05, 4.69) is 49.1 Å². The van der Waals surface area contributed by atoms with Gasteiger partial charge in [-0.15, -0.1) is 0 Å². The third-order valence-electron chi connectivity index (χ3n) is 3.35. The number of carbonyl (C=O) groups is 2. The van der Waals surface area contributed by atoms with Gasteiger partial charge in [-0.1, -0.05) is 24.8 Å². The lowest BCUT2D eigenvalue weighted by Crippen LogP contribution is -3.09. The van der Waals surface area contributed by atoms with Crippen molar-refractivity contribution >= 4 is 22.8 Å². The molecule has 2 aromatic rings. The van der Waals surface area contributed by atoms with E-state index in [1.54, 1.807) is 0 Å². The molecule has 1 heterocycles. The summed E-state index contributed by atoms with van der Waals surface area (Å²) in [5.74, 6) is -2.80. The largest absolute Gasteiger partial charge is 0.545 e. The number of nitrogens with one attached hydrogen (secondary N) is 2. The van der Waals surface area contributed by atoms with E-state index in [0.717, 1.165) is 19.5 Å². The van der Waals surface area contributed by atoms with E-state index in [9.17, 15) is 14.7 Å². The number of aromatic amines is 1. The molecule has 6 nitrogen and oxygen atoms in total. The molecule has 24 heavy (non-hydrogen) atoms. The topological polar surface area (TPSA) is 97.7 Å². The predicted octanol–water partition coefficient (Wildman–Crippen LogP) is -0.212. The first kappa shape index (κ1) is 19.2. The molecule has 2 rings (SSSR count). The highest BCUT2D eigenvalue weighted by Crippen LogP contribution is 2.17. The summed E-state index contributed by atoms with van der Waals surface area (Å²) in [6.45, 7) is 5.95. The van der Waals surface area contributed by atoms with E-state index >= 15 is 0 Å². The summed E-state index contributed by atoms with van der Waals surface area (Å²) in [7, 11) is 2.20. The number of hydrogen-bond donors (Lipinski definition) is 3. The Balaban J connectivity index is 0.000000307. The van der Waals surface area contributed by atoms with Gasteiger partial charge in [0.25, 0.3) is 0 Å². The maximum atomic E-state index is 9.53. The molecular formula is C18H22N2O4. The highest BCUT2D eigenvalue weighted by Gasteiger charge is 2.05. The average molecular weight is 330 g/mol. The van der Waals surface area contributed by atoms with Gasteiger partial charge in [0.05, 0.1) is 26.1 Å². The van der Waals surface area contributed by atoms with Crippen molar-refractivity contribution in [2.24, 2.45) is 0 Å². The van der Waals surface area contributed by atoms with Gasteiger partial charge in [0.1, 0.15) is 0 Å². The number of aromatic nitrogens is 1. The van der Waals surface area contributed by atoms with Crippen LogP contribution in [0.5, 0.6) is 0 Å². The molecule has 0 bridgehead atoms. The second kappa shape index (κ2) is 10.0. The summed E-state index contributed by atoms with van der Waals surface area (Å²) >= 11 is 0. The quantitative estimate of drug-likeness (QED) is 0.483. The summed E-state index contributed by atoms with van der Waals surface area (Å²) in [6, 6.07) is 8.47. The maximum Gasteiger partial charge on any atom is 0.328 e. The van der Waals surface area contributed by atoms with Crippen LogP contribution in [0.25, 0.3) is 10.9 Å². The number of fused-ring (bicyclic) bond motifs is 1. The van der Waals surface area contributed by atoms with E-state index in [1.165, 1.54) is 21.4 Å². The molecule has 0 aliphatic carbocycles. The first-order valence-electron chi connectivity index (χ1n) is 7.53. The highest BCUT2D eigenvalue weighted by atomic mass is 16.4. The Kier molecular flexibility index (Phi) is 8.01. The van der Waals surface area contributed by atoms with Crippen molar-refractivity contribution in [1.29, 1.82) is 0 Å². The Hall–Kier alpha value is -2.86. The molecule has 0 amide bonds.